The summed E-state index contributed by atoms with van der Waals surface area (Å²) in [6, 6.07) is 2.26. The Morgan fingerprint density at radius 1 is 1.42 bits per heavy atom. The Balaban J connectivity index is 2.42. The summed E-state index contributed by atoms with van der Waals surface area (Å²) in [5, 5.41) is 8.84. The van der Waals surface area contributed by atoms with Gasteiger partial charge in [0.2, 0.25) is 0 Å². The van der Waals surface area contributed by atoms with E-state index in [0.29, 0.717) is 0 Å². The zero-order valence-electron chi connectivity index (χ0n) is 6.83. The minimum absolute atomic E-state index is 0.918. The van der Waals surface area contributed by atoms with Crippen LogP contribution in [0.3, 0.4) is 0 Å². The topological polar surface area (TPSA) is 27.0 Å². The molecule has 0 aromatic heterocycles. The van der Waals surface area contributed by atoms with Crippen LogP contribution < -0.4 is 0 Å². The van der Waals surface area contributed by atoms with Gasteiger partial charge in [0.05, 0.1) is 17.3 Å². The van der Waals surface area contributed by atoms with Crippen LogP contribution in [0.25, 0.3) is 0 Å². The van der Waals surface area contributed by atoms with E-state index in [1.54, 1.807) is 0 Å². The first kappa shape index (κ1) is 7.17. The van der Waals surface area contributed by atoms with E-state index in [0.717, 1.165) is 30.7 Å². The fourth-order valence-corrected chi connectivity index (χ4v) is 1.61. The van der Waals surface area contributed by atoms with E-state index in [2.05, 4.69) is 11.0 Å². The molecule has 2 heteroatoms. The minimum atomic E-state index is 0.918. The fourth-order valence-electron chi connectivity index (χ4n) is 1.61. The molecule has 0 bridgehead atoms. The summed E-state index contributed by atoms with van der Waals surface area (Å²) in [5.41, 5.74) is 2.01. The molecule has 0 aromatic rings. The third-order valence-electron chi connectivity index (χ3n) is 2.21. The minimum Gasteiger partial charge on any atom is -0.347 e. The molecule has 0 aromatic carbocycles. The third kappa shape index (κ3) is 1.04. The SMILES string of the molecule is N#CC1=C2C=CC=CN2CCC1. The van der Waals surface area contributed by atoms with Crippen molar-refractivity contribution < 1.29 is 0 Å². The van der Waals surface area contributed by atoms with Gasteiger partial charge in [0.25, 0.3) is 0 Å². The molecular weight excluding hydrogens is 148 g/mol. The number of hydrogen-bond acceptors (Lipinski definition) is 2. The van der Waals surface area contributed by atoms with E-state index in [1.807, 2.05) is 24.4 Å². The van der Waals surface area contributed by atoms with Gasteiger partial charge in [0, 0.05) is 12.7 Å². The molecule has 0 saturated carbocycles. The second-order valence-electron chi connectivity index (χ2n) is 2.97. The first-order valence-corrected chi connectivity index (χ1v) is 4.16. The molecule has 0 amide bonds. The second kappa shape index (κ2) is 2.86. The van der Waals surface area contributed by atoms with Gasteiger partial charge in [-0.1, -0.05) is 6.08 Å². The van der Waals surface area contributed by atoms with Crippen LogP contribution in [-0.2, 0) is 0 Å². The Morgan fingerprint density at radius 3 is 3.17 bits per heavy atom. The maximum atomic E-state index is 8.84. The van der Waals surface area contributed by atoms with E-state index in [-0.39, 0.29) is 0 Å². The molecule has 60 valence electrons. The molecule has 0 aliphatic carbocycles. The Labute approximate surface area is 72.1 Å². The lowest BCUT2D eigenvalue weighted by Gasteiger charge is -2.28. The molecule has 0 unspecified atom stereocenters. The maximum Gasteiger partial charge on any atom is 0.0969 e. The Bertz CT molecular complexity index is 315. The predicted molar refractivity (Wildman–Crippen MR) is 46.9 cm³/mol. The Hall–Kier alpha value is -1.49. The van der Waals surface area contributed by atoms with Crippen LogP contribution in [0.2, 0.25) is 0 Å². The van der Waals surface area contributed by atoms with Gasteiger partial charge >= 0.3 is 0 Å². The molecule has 2 nitrogen and oxygen atoms in total. The van der Waals surface area contributed by atoms with Gasteiger partial charge in [-0.25, -0.2) is 0 Å². The van der Waals surface area contributed by atoms with E-state index >= 15 is 0 Å². The summed E-state index contributed by atoms with van der Waals surface area (Å²) < 4.78 is 0. The van der Waals surface area contributed by atoms with Crippen LogP contribution in [-0.4, -0.2) is 11.4 Å². The van der Waals surface area contributed by atoms with Crippen molar-refractivity contribution >= 4 is 0 Å². The van der Waals surface area contributed by atoms with E-state index in [4.69, 9.17) is 5.26 Å². The largest absolute Gasteiger partial charge is 0.347 e. The molecule has 0 radical (unpaired) electrons. The van der Waals surface area contributed by atoms with Gasteiger partial charge in [0.15, 0.2) is 0 Å². The number of nitrogens with zero attached hydrogens (tertiary/aromatic N) is 2. The average molecular weight is 158 g/mol. The van der Waals surface area contributed by atoms with Crippen molar-refractivity contribution in [2.45, 2.75) is 12.8 Å². The summed E-state index contributed by atoms with van der Waals surface area (Å²) >= 11 is 0. The van der Waals surface area contributed by atoms with Crippen molar-refractivity contribution in [3.8, 4) is 6.07 Å². The molecule has 2 aliphatic rings. The van der Waals surface area contributed by atoms with Crippen LogP contribution >= 0.6 is 0 Å². The molecule has 0 fully saturated rings. The lowest BCUT2D eigenvalue weighted by Crippen LogP contribution is -2.23. The molecule has 0 N–H and O–H groups in total. The molecule has 2 aliphatic heterocycles. The Morgan fingerprint density at radius 2 is 2.33 bits per heavy atom. The van der Waals surface area contributed by atoms with Crippen molar-refractivity contribution in [1.82, 2.24) is 4.90 Å². The van der Waals surface area contributed by atoms with E-state index in [9.17, 15) is 0 Å². The van der Waals surface area contributed by atoms with Crippen molar-refractivity contribution in [3.63, 3.8) is 0 Å². The highest BCUT2D eigenvalue weighted by Gasteiger charge is 2.16. The van der Waals surface area contributed by atoms with Crippen molar-refractivity contribution in [1.29, 1.82) is 5.26 Å². The smallest absolute Gasteiger partial charge is 0.0969 e. The van der Waals surface area contributed by atoms with Crippen LogP contribution in [0.15, 0.2) is 35.7 Å². The number of rotatable bonds is 0. The van der Waals surface area contributed by atoms with Crippen molar-refractivity contribution in [2.75, 3.05) is 6.54 Å². The van der Waals surface area contributed by atoms with Crippen LogP contribution in [0.4, 0.5) is 0 Å². The van der Waals surface area contributed by atoms with E-state index < -0.39 is 0 Å². The van der Waals surface area contributed by atoms with E-state index in [1.165, 1.54) is 0 Å². The molecule has 0 spiro atoms. The Kier molecular flexibility index (Phi) is 1.71. The normalized spacial score (nSPS) is 20.8. The summed E-state index contributed by atoms with van der Waals surface area (Å²) in [6.07, 6.45) is 10.0. The van der Waals surface area contributed by atoms with Crippen LogP contribution in [0, 0.1) is 11.3 Å². The highest BCUT2D eigenvalue weighted by atomic mass is 15.1. The number of allylic oxidation sites excluding steroid dienone is 4. The molecular formula is C10H10N2. The van der Waals surface area contributed by atoms with Gasteiger partial charge in [-0.05, 0) is 25.0 Å². The first-order chi connectivity index (χ1) is 5.92. The lowest BCUT2D eigenvalue weighted by molar-refractivity contribution is 0.432. The zero-order valence-corrected chi connectivity index (χ0v) is 6.83. The van der Waals surface area contributed by atoms with Crippen LogP contribution in [0.5, 0.6) is 0 Å². The van der Waals surface area contributed by atoms with Crippen molar-refractivity contribution in [3.05, 3.63) is 35.7 Å². The second-order valence-corrected chi connectivity index (χ2v) is 2.97. The first-order valence-electron chi connectivity index (χ1n) is 4.16. The molecule has 0 saturated heterocycles. The monoisotopic (exact) mass is 158 g/mol. The highest BCUT2D eigenvalue weighted by molar-refractivity contribution is 5.39. The highest BCUT2D eigenvalue weighted by Crippen LogP contribution is 2.24. The molecule has 12 heavy (non-hydrogen) atoms. The average Bonchev–Trinajstić information content (AvgIpc) is 2.17. The third-order valence-corrected chi connectivity index (χ3v) is 2.21. The number of hydrogen-bond donors (Lipinski definition) is 0. The summed E-state index contributed by atoms with van der Waals surface area (Å²) in [6.45, 7) is 1.04. The lowest BCUT2D eigenvalue weighted by atomic mass is 10.0. The van der Waals surface area contributed by atoms with Gasteiger partial charge in [-0.3, -0.25) is 0 Å². The summed E-state index contributed by atoms with van der Waals surface area (Å²) in [7, 11) is 0. The summed E-state index contributed by atoms with van der Waals surface area (Å²) in [5.74, 6) is 0. The fraction of sp³-hybridized carbons (Fsp3) is 0.300. The maximum absolute atomic E-state index is 8.84. The molecule has 2 heterocycles. The number of fused-ring (bicyclic) bond motifs is 1. The summed E-state index contributed by atoms with van der Waals surface area (Å²) in [4.78, 5) is 2.14. The van der Waals surface area contributed by atoms with Crippen LogP contribution in [0.1, 0.15) is 12.8 Å². The molecule has 2 rings (SSSR count). The van der Waals surface area contributed by atoms with Crippen molar-refractivity contribution in [2.24, 2.45) is 0 Å². The standard InChI is InChI=1S/C10H10N2/c11-8-9-4-3-7-12-6-2-1-5-10(9)12/h1-2,5-6H,3-4,7H2. The zero-order chi connectivity index (χ0) is 8.39. The molecule has 0 atom stereocenters. The van der Waals surface area contributed by atoms with Gasteiger partial charge < -0.3 is 4.90 Å². The van der Waals surface area contributed by atoms with Gasteiger partial charge in [-0.15, -0.1) is 0 Å². The van der Waals surface area contributed by atoms with Gasteiger partial charge in [-0.2, -0.15) is 5.26 Å². The van der Waals surface area contributed by atoms with Gasteiger partial charge in [0.1, 0.15) is 0 Å². The predicted octanol–water partition coefficient (Wildman–Crippen LogP) is 1.94. The number of nitriles is 1. The quantitative estimate of drug-likeness (QED) is 0.538.